The number of nitrogens with zero attached hydrogens (tertiary/aromatic N) is 1. The molecule has 1 fully saturated rings. The molecule has 0 aliphatic carbocycles. The number of halogens is 2. The smallest absolute Gasteiger partial charge is 0.387 e. The zero-order chi connectivity index (χ0) is 17.5. The molecule has 2 rings (SSSR count). The van der Waals surface area contributed by atoms with E-state index >= 15 is 0 Å². The van der Waals surface area contributed by atoms with E-state index in [-0.39, 0.29) is 17.8 Å². The van der Waals surface area contributed by atoms with Crippen LogP contribution in [0.3, 0.4) is 0 Å². The Morgan fingerprint density at radius 1 is 1.46 bits per heavy atom. The summed E-state index contributed by atoms with van der Waals surface area (Å²) >= 11 is 0. The number of alkyl halides is 2. The van der Waals surface area contributed by atoms with E-state index in [1.807, 2.05) is 0 Å². The number of hydrogen-bond donors (Lipinski definition) is 2. The molecule has 0 bridgehead atoms. The molecule has 1 aromatic carbocycles. The van der Waals surface area contributed by atoms with E-state index in [4.69, 9.17) is 0 Å². The maximum absolute atomic E-state index is 12.2. The highest BCUT2D eigenvalue weighted by Crippen LogP contribution is 2.19. The maximum Gasteiger partial charge on any atom is 0.387 e. The number of rotatable bonds is 6. The molecule has 1 heterocycles. The summed E-state index contributed by atoms with van der Waals surface area (Å²) in [6.07, 6.45) is 2.45. The van der Waals surface area contributed by atoms with Gasteiger partial charge in [-0.1, -0.05) is 13.0 Å². The topological polar surface area (TPSA) is 53.6 Å². The minimum absolute atomic E-state index is 0.0125. The second kappa shape index (κ2) is 8.82. The summed E-state index contributed by atoms with van der Waals surface area (Å²) in [7, 11) is 0. The summed E-state index contributed by atoms with van der Waals surface area (Å²) < 4.78 is 28.7. The van der Waals surface area contributed by atoms with Crippen molar-refractivity contribution in [1.82, 2.24) is 10.2 Å². The summed E-state index contributed by atoms with van der Waals surface area (Å²) in [4.78, 5) is 14.3. The predicted octanol–water partition coefficient (Wildman–Crippen LogP) is 3.53. The van der Waals surface area contributed by atoms with Crippen LogP contribution in [0.1, 0.15) is 26.7 Å². The molecule has 1 aliphatic heterocycles. The van der Waals surface area contributed by atoms with Crippen molar-refractivity contribution >= 4 is 11.7 Å². The Kier molecular flexibility index (Phi) is 6.78. The number of nitrogens with one attached hydrogen (secondary N) is 2. The summed E-state index contributed by atoms with van der Waals surface area (Å²) in [5, 5.41) is 5.45. The molecule has 0 unspecified atom stereocenters. The normalized spacial score (nSPS) is 19.8. The van der Waals surface area contributed by atoms with Crippen LogP contribution in [0.5, 0.6) is 5.75 Å². The van der Waals surface area contributed by atoms with Gasteiger partial charge >= 0.3 is 12.6 Å². The van der Waals surface area contributed by atoms with Crippen LogP contribution in [0.2, 0.25) is 0 Å². The predicted molar refractivity (Wildman–Crippen MR) is 89.5 cm³/mol. The van der Waals surface area contributed by atoms with E-state index in [1.54, 1.807) is 12.1 Å². The molecule has 2 amide bonds. The summed E-state index contributed by atoms with van der Waals surface area (Å²) in [5.41, 5.74) is 0.407. The standard InChI is InChI=1S/C17H25F2N3O2/c1-12-5-4-8-22(11-12)13(2)10-20-17(23)21-14-6-3-7-15(9-14)24-16(18)19/h3,6-7,9,12-13,16H,4-5,8,10-11H2,1-2H3,(H2,20,21,23)/t12-,13+/m0/s1. The molecule has 0 aromatic heterocycles. The summed E-state index contributed by atoms with van der Waals surface area (Å²) in [5.74, 6) is 0.700. The number of piperidine rings is 1. The van der Waals surface area contributed by atoms with Gasteiger partial charge in [0.2, 0.25) is 0 Å². The van der Waals surface area contributed by atoms with Crippen LogP contribution < -0.4 is 15.4 Å². The van der Waals surface area contributed by atoms with Crippen LogP contribution in [0.4, 0.5) is 19.3 Å². The molecule has 1 saturated heterocycles. The zero-order valence-corrected chi connectivity index (χ0v) is 14.1. The van der Waals surface area contributed by atoms with Crippen molar-refractivity contribution in [2.75, 3.05) is 25.0 Å². The van der Waals surface area contributed by atoms with Gasteiger partial charge in [-0.3, -0.25) is 4.90 Å². The third kappa shape index (κ3) is 5.96. The van der Waals surface area contributed by atoms with Gasteiger partial charge in [-0.15, -0.1) is 0 Å². The number of benzene rings is 1. The van der Waals surface area contributed by atoms with E-state index in [9.17, 15) is 13.6 Å². The number of amides is 2. The lowest BCUT2D eigenvalue weighted by atomic mass is 9.99. The second-order valence-electron chi connectivity index (χ2n) is 6.33. The van der Waals surface area contributed by atoms with Gasteiger partial charge in [0.1, 0.15) is 5.75 Å². The quantitative estimate of drug-likeness (QED) is 0.832. The monoisotopic (exact) mass is 341 g/mol. The molecule has 134 valence electrons. The zero-order valence-electron chi connectivity index (χ0n) is 14.1. The van der Waals surface area contributed by atoms with Crippen molar-refractivity contribution in [3.63, 3.8) is 0 Å². The van der Waals surface area contributed by atoms with E-state index in [2.05, 4.69) is 34.1 Å². The van der Waals surface area contributed by atoms with Crippen LogP contribution in [-0.4, -0.2) is 43.2 Å². The fraction of sp³-hybridized carbons (Fsp3) is 0.588. The van der Waals surface area contributed by atoms with E-state index in [0.717, 1.165) is 13.1 Å². The number of likely N-dealkylation sites (tertiary alicyclic amines) is 1. The molecule has 5 nitrogen and oxygen atoms in total. The van der Waals surface area contributed by atoms with Gasteiger partial charge in [0, 0.05) is 30.9 Å². The summed E-state index contributed by atoms with van der Waals surface area (Å²) in [6, 6.07) is 5.84. The lowest BCUT2D eigenvalue weighted by molar-refractivity contribution is -0.0497. The van der Waals surface area contributed by atoms with E-state index in [1.165, 1.54) is 25.0 Å². The lowest BCUT2D eigenvalue weighted by Gasteiger charge is -2.35. The molecule has 2 N–H and O–H groups in total. The number of carbonyl (C=O) groups excluding carboxylic acids is 1. The van der Waals surface area contributed by atoms with Crippen molar-refractivity contribution < 1.29 is 18.3 Å². The van der Waals surface area contributed by atoms with Crippen molar-refractivity contribution in [3.05, 3.63) is 24.3 Å². The van der Waals surface area contributed by atoms with E-state index in [0.29, 0.717) is 18.2 Å². The minimum Gasteiger partial charge on any atom is -0.435 e. The number of anilines is 1. The average molecular weight is 341 g/mol. The molecule has 0 radical (unpaired) electrons. The fourth-order valence-corrected chi connectivity index (χ4v) is 2.92. The Hall–Kier alpha value is -1.89. The molecule has 0 spiro atoms. The molecule has 1 aliphatic rings. The Labute approximate surface area is 141 Å². The third-order valence-corrected chi connectivity index (χ3v) is 4.19. The highest BCUT2D eigenvalue weighted by Gasteiger charge is 2.21. The first kappa shape index (κ1) is 18.4. The molecule has 24 heavy (non-hydrogen) atoms. The van der Waals surface area contributed by atoms with Crippen molar-refractivity contribution in [1.29, 1.82) is 0 Å². The molecule has 1 aromatic rings. The fourth-order valence-electron chi connectivity index (χ4n) is 2.92. The Morgan fingerprint density at radius 3 is 2.96 bits per heavy atom. The average Bonchev–Trinajstić information content (AvgIpc) is 2.52. The van der Waals surface area contributed by atoms with Crippen molar-refractivity contribution in [3.8, 4) is 5.75 Å². The maximum atomic E-state index is 12.2. The Balaban J connectivity index is 1.78. The Bertz CT molecular complexity index is 542. The van der Waals surface area contributed by atoms with Gasteiger partial charge in [-0.05, 0) is 44.4 Å². The van der Waals surface area contributed by atoms with Gasteiger partial charge in [0.25, 0.3) is 0 Å². The van der Waals surface area contributed by atoms with Gasteiger partial charge in [0.15, 0.2) is 0 Å². The first-order chi connectivity index (χ1) is 11.4. The van der Waals surface area contributed by atoms with Crippen molar-refractivity contribution in [2.24, 2.45) is 5.92 Å². The van der Waals surface area contributed by atoms with Crippen molar-refractivity contribution in [2.45, 2.75) is 39.3 Å². The molecule has 7 heteroatoms. The van der Waals surface area contributed by atoms with Crippen LogP contribution in [0.25, 0.3) is 0 Å². The van der Waals surface area contributed by atoms with Gasteiger partial charge in [0.05, 0.1) is 0 Å². The molecule has 2 atom stereocenters. The summed E-state index contributed by atoms with van der Waals surface area (Å²) in [6.45, 7) is 4.09. The number of hydrogen-bond acceptors (Lipinski definition) is 3. The molecular weight excluding hydrogens is 316 g/mol. The van der Waals surface area contributed by atoms with Crippen LogP contribution in [-0.2, 0) is 0 Å². The van der Waals surface area contributed by atoms with Gasteiger partial charge in [-0.25, -0.2) is 4.79 Å². The SMILES string of the molecule is C[C@H]1CCCN([C@H](C)CNC(=O)Nc2cccc(OC(F)F)c2)C1. The third-order valence-electron chi connectivity index (χ3n) is 4.19. The second-order valence-corrected chi connectivity index (χ2v) is 6.33. The van der Waals surface area contributed by atoms with Crippen LogP contribution in [0.15, 0.2) is 24.3 Å². The number of carbonyl (C=O) groups is 1. The highest BCUT2D eigenvalue weighted by molar-refractivity contribution is 5.89. The van der Waals surface area contributed by atoms with Crippen LogP contribution in [0, 0.1) is 5.92 Å². The first-order valence-electron chi connectivity index (χ1n) is 8.28. The highest BCUT2D eigenvalue weighted by atomic mass is 19.3. The lowest BCUT2D eigenvalue weighted by Crippen LogP contribution is -2.47. The van der Waals surface area contributed by atoms with Gasteiger partial charge < -0.3 is 15.4 Å². The number of urea groups is 1. The van der Waals surface area contributed by atoms with E-state index < -0.39 is 6.61 Å². The minimum atomic E-state index is -2.89. The largest absolute Gasteiger partial charge is 0.435 e. The molecule has 0 saturated carbocycles. The Morgan fingerprint density at radius 2 is 2.25 bits per heavy atom. The van der Waals surface area contributed by atoms with Gasteiger partial charge in [-0.2, -0.15) is 8.78 Å². The van der Waals surface area contributed by atoms with Crippen LogP contribution >= 0.6 is 0 Å². The first-order valence-corrected chi connectivity index (χ1v) is 8.28. The molecular formula is C17H25F2N3O2. The number of ether oxygens (including phenoxy) is 1.